The lowest BCUT2D eigenvalue weighted by Crippen LogP contribution is -2.13. The molecule has 6 heteroatoms. The average molecular weight is 332 g/mol. The molecule has 0 bridgehead atoms. The third kappa shape index (κ3) is 2.85. The number of benzene rings is 2. The Bertz CT molecular complexity index is 1040. The number of carbonyl (C=O) groups is 1. The van der Waals surface area contributed by atoms with Gasteiger partial charge < -0.3 is 5.32 Å². The highest BCUT2D eigenvalue weighted by Gasteiger charge is 2.17. The quantitative estimate of drug-likeness (QED) is 0.621. The molecule has 0 saturated carbocycles. The summed E-state index contributed by atoms with van der Waals surface area (Å²) in [6.45, 7) is 0. The minimum Gasteiger partial charge on any atom is -0.305 e. The fourth-order valence-corrected chi connectivity index (χ4v) is 2.63. The Morgan fingerprint density at radius 2 is 1.76 bits per heavy atom. The molecule has 0 atom stereocenters. The molecule has 25 heavy (non-hydrogen) atoms. The van der Waals surface area contributed by atoms with Crippen molar-refractivity contribution >= 4 is 17.5 Å². The van der Waals surface area contributed by atoms with Crippen molar-refractivity contribution in [1.82, 2.24) is 14.4 Å². The second kappa shape index (κ2) is 6.16. The molecule has 1 amide bonds. The third-order valence-corrected chi connectivity index (χ3v) is 3.79. The van der Waals surface area contributed by atoms with Gasteiger partial charge in [0.2, 0.25) is 5.78 Å². The van der Waals surface area contributed by atoms with E-state index in [1.54, 1.807) is 12.3 Å². The number of hydrogen-bond acceptors (Lipinski definition) is 3. The van der Waals surface area contributed by atoms with Crippen molar-refractivity contribution in [3.63, 3.8) is 0 Å². The van der Waals surface area contributed by atoms with Gasteiger partial charge in [0, 0.05) is 23.5 Å². The minimum absolute atomic E-state index is 0.352. The molecule has 0 aliphatic heterocycles. The van der Waals surface area contributed by atoms with Crippen LogP contribution in [0.15, 0.2) is 73.1 Å². The average Bonchev–Trinajstić information content (AvgIpc) is 3.00. The zero-order chi connectivity index (χ0) is 17.2. The van der Waals surface area contributed by atoms with Crippen LogP contribution in [0, 0.1) is 5.82 Å². The zero-order valence-electron chi connectivity index (χ0n) is 13.1. The van der Waals surface area contributed by atoms with Gasteiger partial charge in [-0.05, 0) is 30.3 Å². The molecule has 2 aromatic carbocycles. The lowest BCUT2D eigenvalue weighted by atomic mass is 10.1. The van der Waals surface area contributed by atoms with Gasteiger partial charge in [-0.3, -0.25) is 9.20 Å². The molecule has 0 aliphatic carbocycles. The van der Waals surface area contributed by atoms with E-state index in [1.165, 1.54) is 24.3 Å². The molecular weight excluding hydrogens is 319 g/mol. The summed E-state index contributed by atoms with van der Waals surface area (Å²) in [4.78, 5) is 21.1. The number of nitrogens with zero attached hydrogens (tertiary/aromatic N) is 3. The van der Waals surface area contributed by atoms with Gasteiger partial charge in [0.25, 0.3) is 5.91 Å². The monoisotopic (exact) mass is 332 g/mol. The second-order valence-corrected chi connectivity index (χ2v) is 5.43. The number of amides is 1. The predicted octanol–water partition coefficient (Wildman–Crippen LogP) is 3.79. The van der Waals surface area contributed by atoms with Gasteiger partial charge in [-0.2, -0.15) is 4.98 Å². The van der Waals surface area contributed by atoms with Crippen molar-refractivity contribution in [2.24, 2.45) is 0 Å². The van der Waals surface area contributed by atoms with Crippen LogP contribution in [0.4, 0.5) is 10.2 Å². The van der Waals surface area contributed by atoms with E-state index in [0.717, 1.165) is 11.3 Å². The van der Waals surface area contributed by atoms with Crippen molar-refractivity contribution in [2.75, 3.05) is 5.32 Å². The highest BCUT2D eigenvalue weighted by atomic mass is 19.1. The molecular formula is C19H13FN4O. The molecule has 0 radical (unpaired) electrons. The Morgan fingerprint density at radius 3 is 2.52 bits per heavy atom. The summed E-state index contributed by atoms with van der Waals surface area (Å²) in [5.74, 6) is 0.133. The normalized spacial score (nSPS) is 10.8. The molecule has 0 unspecified atom stereocenters. The summed E-state index contributed by atoms with van der Waals surface area (Å²) < 4.78 is 14.9. The summed E-state index contributed by atoms with van der Waals surface area (Å²) in [5.41, 5.74) is 1.99. The molecule has 2 aromatic heterocycles. The van der Waals surface area contributed by atoms with Crippen LogP contribution >= 0.6 is 0 Å². The Kier molecular flexibility index (Phi) is 3.70. The standard InChI is InChI=1S/C19H13FN4O/c20-15-9-7-14(8-10-15)18(25)22-17-16(13-5-2-1-3-6-13)24-12-4-11-21-19(24)23-17/h1-12H,(H,22,25). The summed E-state index contributed by atoms with van der Waals surface area (Å²) in [6, 6.07) is 16.8. The number of nitrogens with one attached hydrogen (secondary N) is 1. The van der Waals surface area contributed by atoms with Crippen LogP contribution in [0.25, 0.3) is 17.0 Å². The Hall–Kier alpha value is -3.54. The highest BCUT2D eigenvalue weighted by Crippen LogP contribution is 2.28. The molecule has 0 saturated heterocycles. The summed E-state index contributed by atoms with van der Waals surface area (Å²) in [6.07, 6.45) is 3.48. The van der Waals surface area contributed by atoms with Gasteiger partial charge in [-0.1, -0.05) is 30.3 Å². The SMILES string of the molecule is O=C(Nc1nc2ncccn2c1-c1ccccc1)c1ccc(F)cc1. The molecule has 2 heterocycles. The number of halogens is 1. The molecule has 0 fully saturated rings. The molecule has 122 valence electrons. The maximum absolute atomic E-state index is 13.0. The summed E-state index contributed by atoms with van der Waals surface area (Å²) in [7, 11) is 0. The first-order valence-corrected chi connectivity index (χ1v) is 7.68. The van der Waals surface area contributed by atoms with Crippen molar-refractivity contribution < 1.29 is 9.18 Å². The fourth-order valence-electron chi connectivity index (χ4n) is 2.63. The van der Waals surface area contributed by atoms with Gasteiger partial charge in [-0.15, -0.1) is 0 Å². The topological polar surface area (TPSA) is 59.3 Å². The number of rotatable bonds is 3. The molecule has 1 N–H and O–H groups in total. The van der Waals surface area contributed by atoms with E-state index in [9.17, 15) is 9.18 Å². The smallest absolute Gasteiger partial charge is 0.256 e. The number of hydrogen-bond donors (Lipinski definition) is 1. The first kappa shape index (κ1) is 15.0. The first-order chi connectivity index (χ1) is 12.2. The molecule has 4 aromatic rings. The van der Waals surface area contributed by atoms with Crippen LogP contribution in [-0.4, -0.2) is 20.3 Å². The third-order valence-electron chi connectivity index (χ3n) is 3.79. The predicted molar refractivity (Wildman–Crippen MR) is 92.8 cm³/mol. The van der Waals surface area contributed by atoms with Crippen molar-refractivity contribution in [3.05, 3.63) is 84.4 Å². The maximum Gasteiger partial charge on any atom is 0.256 e. The van der Waals surface area contributed by atoms with Gasteiger partial charge >= 0.3 is 0 Å². The van der Waals surface area contributed by atoms with E-state index in [2.05, 4.69) is 15.3 Å². The number of fused-ring (bicyclic) bond motifs is 1. The number of anilines is 1. The van der Waals surface area contributed by atoms with Crippen molar-refractivity contribution in [2.45, 2.75) is 0 Å². The van der Waals surface area contributed by atoms with Crippen LogP contribution in [0.3, 0.4) is 0 Å². The second-order valence-electron chi connectivity index (χ2n) is 5.43. The van der Waals surface area contributed by atoms with Gasteiger partial charge in [0.05, 0.1) is 5.69 Å². The van der Waals surface area contributed by atoms with Gasteiger partial charge in [0.15, 0.2) is 5.82 Å². The maximum atomic E-state index is 13.0. The molecule has 4 rings (SSSR count). The highest BCUT2D eigenvalue weighted by molar-refractivity contribution is 6.05. The van der Waals surface area contributed by atoms with E-state index in [-0.39, 0.29) is 5.91 Å². The van der Waals surface area contributed by atoms with Crippen LogP contribution in [0.2, 0.25) is 0 Å². The van der Waals surface area contributed by atoms with E-state index < -0.39 is 5.82 Å². The molecule has 0 spiro atoms. The van der Waals surface area contributed by atoms with Crippen molar-refractivity contribution in [3.8, 4) is 11.3 Å². The Labute approximate surface area is 142 Å². The Balaban J connectivity index is 1.79. The summed E-state index contributed by atoms with van der Waals surface area (Å²) in [5, 5.41) is 2.80. The zero-order valence-corrected chi connectivity index (χ0v) is 13.1. The lowest BCUT2D eigenvalue weighted by molar-refractivity contribution is 0.102. The number of imidazole rings is 1. The number of carbonyl (C=O) groups excluding carboxylic acids is 1. The summed E-state index contributed by atoms with van der Waals surface area (Å²) >= 11 is 0. The van der Waals surface area contributed by atoms with E-state index in [1.807, 2.05) is 40.9 Å². The Morgan fingerprint density at radius 1 is 1.00 bits per heavy atom. The van der Waals surface area contributed by atoms with Gasteiger partial charge in [0.1, 0.15) is 5.82 Å². The van der Waals surface area contributed by atoms with Crippen molar-refractivity contribution in [1.29, 1.82) is 0 Å². The molecule has 0 aliphatic rings. The van der Waals surface area contributed by atoms with Gasteiger partial charge in [-0.25, -0.2) is 9.37 Å². The first-order valence-electron chi connectivity index (χ1n) is 7.68. The van der Waals surface area contributed by atoms with Crippen LogP contribution in [-0.2, 0) is 0 Å². The lowest BCUT2D eigenvalue weighted by Gasteiger charge is -2.07. The fraction of sp³-hybridized carbons (Fsp3) is 0. The minimum atomic E-state index is -0.390. The van der Waals surface area contributed by atoms with E-state index in [4.69, 9.17) is 0 Å². The van der Waals surface area contributed by atoms with E-state index in [0.29, 0.717) is 17.2 Å². The largest absolute Gasteiger partial charge is 0.305 e. The van der Waals surface area contributed by atoms with Crippen LogP contribution in [0.1, 0.15) is 10.4 Å². The van der Waals surface area contributed by atoms with Crippen LogP contribution in [0.5, 0.6) is 0 Å². The van der Waals surface area contributed by atoms with E-state index >= 15 is 0 Å². The van der Waals surface area contributed by atoms with Crippen LogP contribution < -0.4 is 5.32 Å². The molecule has 5 nitrogen and oxygen atoms in total. The number of aromatic nitrogens is 3.